The summed E-state index contributed by atoms with van der Waals surface area (Å²) in [7, 11) is 0. The highest BCUT2D eigenvalue weighted by molar-refractivity contribution is 7.99. The van der Waals surface area contributed by atoms with Gasteiger partial charge in [0.25, 0.3) is 0 Å². The van der Waals surface area contributed by atoms with E-state index >= 15 is 0 Å². The average Bonchev–Trinajstić information content (AvgIpc) is 3.51. The summed E-state index contributed by atoms with van der Waals surface area (Å²) in [4.78, 5) is 18.8. The van der Waals surface area contributed by atoms with Crippen molar-refractivity contribution in [2.24, 2.45) is 5.73 Å². The van der Waals surface area contributed by atoms with Crippen LogP contribution in [0.3, 0.4) is 0 Å². The number of thiophene rings is 1. The lowest BCUT2D eigenvalue weighted by atomic mass is 9.83. The molecule has 1 aliphatic heterocycles. The van der Waals surface area contributed by atoms with Crippen molar-refractivity contribution in [2.45, 2.75) is 24.8 Å². The van der Waals surface area contributed by atoms with Gasteiger partial charge in [-0.05, 0) is 55.1 Å². The van der Waals surface area contributed by atoms with Gasteiger partial charge in [0, 0.05) is 6.61 Å². The predicted molar refractivity (Wildman–Crippen MR) is 151 cm³/mol. The number of carbonyl (C=O) groups is 1. The molecule has 202 valence electrons. The first-order chi connectivity index (χ1) is 19.4. The molecule has 9 nitrogen and oxygen atoms in total. The van der Waals surface area contributed by atoms with E-state index in [0.717, 1.165) is 10.6 Å². The van der Waals surface area contributed by atoms with Crippen LogP contribution in [0.25, 0.3) is 10.6 Å². The second-order valence-electron chi connectivity index (χ2n) is 7.96. The Kier molecular flexibility index (Phi) is 10.9. The lowest BCUT2D eigenvalue weighted by Crippen LogP contribution is -2.27. The van der Waals surface area contributed by atoms with Gasteiger partial charge in [-0.25, -0.2) is 9.78 Å². The Hall–Kier alpha value is -4.60. The Labute approximate surface area is 240 Å². The highest BCUT2D eigenvalue weighted by Crippen LogP contribution is 2.41. The Morgan fingerprint density at radius 1 is 1.12 bits per heavy atom. The monoisotopic (exact) mass is 571 g/mol. The summed E-state index contributed by atoms with van der Waals surface area (Å²) in [5.74, 6) is -1.30. The molecular formula is C29H25N5O4S2. The average molecular weight is 572 g/mol. The number of thioether (sulfide) groups is 1. The molecule has 3 N–H and O–H groups in total. The fraction of sp³-hybridized carbons (Fsp3) is 0.207. The summed E-state index contributed by atoms with van der Waals surface area (Å²) in [6.45, 7) is 3.73. The van der Waals surface area contributed by atoms with E-state index in [-0.39, 0.29) is 41.8 Å². The summed E-state index contributed by atoms with van der Waals surface area (Å²) in [6.07, 6.45) is 0. The third-order valence-corrected chi connectivity index (χ3v) is 7.34. The van der Waals surface area contributed by atoms with Crippen LogP contribution in [0.4, 0.5) is 0 Å². The van der Waals surface area contributed by atoms with E-state index in [4.69, 9.17) is 25.6 Å². The second kappa shape index (κ2) is 14.5. The van der Waals surface area contributed by atoms with Gasteiger partial charge in [0.15, 0.2) is 0 Å². The van der Waals surface area contributed by atoms with Gasteiger partial charge < -0.3 is 20.3 Å². The van der Waals surface area contributed by atoms with Crippen LogP contribution in [0, 0.1) is 34.0 Å². The number of nitrogens with two attached hydrogens (primary N) is 1. The van der Waals surface area contributed by atoms with Crippen LogP contribution in [0.15, 0.2) is 81.7 Å². The first-order valence-corrected chi connectivity index (χ1v) is 13.9. The Morgan fingerprint density at radius 2 is 1.85 bits per heavy atom. The van der Waals surface area contributed by atoms with Crippen LogP contribution >= 0.6 is 23.1 Å². The molecule has 0 aliphatic carbocycles. The number of allylic oxidation sites excluding steroid dienone is 1. The number of aromatic nitrogens is 1. The number of nitrogens with zero attached hydrogens (tertiary/aromatic N) is 4. The van der Waals surface area contributed by atoms with E-state index in [2.05, 4.69) is 23.2 Å². The maximum absolute atomic E-state index is 13.2. The Morgan fingerprint density at radius 3 is 2.42 bits per heavy atom. The van der Waals surface area contributed by atoms with Crippen LogP contribution in [-0.4, -0.2) is 35.0 Å². The van der Waals surface area contributed by atoms with E-state index in [1.165, 1.54) is 23.1 Å². The van der Waals surface area contributed by atoms with Crippen LogP contribution in [-0.2, 0) is 14.3 Å². The first-order valence-electron chi connectivity index (χ1n) is 12.1. The molecule has 4 rings (SSSR count). The van der Waals surface area contributed by atoms with Crippen molar-refractivity contribution < 1.29 is 19.4 Å². The number of esters is 1. The van der Waals surface area contributed by atoms with Crippen LogP contribution in [0.5, 0.6) is 0 Å². The summed E-state index contributed by atoms with van der Waals surface area (Å²) >= 11 is 2.75. The molecule has 1 aliphatic rings. The Bertz CT molecular complexity index is 1540. The molecule has 11 heteroatoms. The Balaban J connectivity index is 0.00000141. The van der Waals surface area contributed by atoms with Gasteiger partial charge in [0.05, 0.1) is 51.6 Å². The smallest absolute Gasteiger partial charge is 0.338 e. The zero-order valence-electron chi connectivity index (χ0n) is 21.7. The molecule has 40 heavy (non-hydrogen) atoms. The molecule has 0 bridgehead atoms. The number of hydrogen-bond donors (Lipinski definition) is 2. The first kappa shape index (κ1) is 29.9. The van der Waals surface area contributed by atoms with Gasteiger partial charge in [-0.1, -0.05) is 30.0 Å². The van der Waals surface area contributed by atoms with Crippen molar-refractivity contribution in [1.29, 1.82) is 15.8 Å². The molecule has 2 aromatic heterocycles. The number of ether oxygens (including phenoxy) is 2. The standard InChI is InChI=1S/C27H19N5O3S2.C2H6O/c1-2-34-27(33)24-21(15-37-26-18(13-29)9-10-20(32-26)22-4-3-11-36-22)35-25(31)19(14-30)23(24)17-7-5-16(12-28)6-8-17;1-2-3/h3-11,23H,2,15,31H2,1H3;3H,2H2,1H3. The zero-order valence-corrected chi connectivity index (χ0v) is 23.4. The molecule has 0 spiro atoms. The number of carbonyl (C=O) groups excluding carboxylic acids is 1. The number of rotatable bonds is 7. The third kappa shape index (κ3) is 6.88. The second-order valence-corrected chi connectivity index (χ2v) is 9.87. The number of nitriles is 3. The minimum atomic E-state index is -0.845. The molecule has 0 saturated heterocycles. The van der Waals surface area contributed by atoms with E-state index in [9.17, 15) is 15.3 Å². The van der Waals surface area contributed by atoms with Gasteiger partial charge in [-0.2, -0.15) is 15.8 Å². The number of pyridine rings is 1. The summed E-state index contributed by atoms with van der Waals surface area (Å²) in [5, 5.41) is 38.6. The minimum Gasteiger partial charge on any atom is -0.463 e. The molecular weight excluding hydrogens is 546 g/mol. The lowest BCUT2D eigenvalue weighted by molar-refractivity contribution is -0.139. The molecule has 1 atom stereocenters. The highest BCUT2D eigenvalue weighted by atomic mass is 32.2. The van der Waals surface area contributed by atoms with Gasteiger partial charge in [0.1, 0.15) is 28.5 Å². The quantitative estimate of drug-likeness (QED) is 0.292. The number of aliphatic hydroxyl groups excluding tert-OH is 1. The molecule has 0 amide bonds. The molecule has 3 aromatic rings. The maximum Gasteiger partial charge on any atom is 0.338 e. The van der Waals surface area contributed by atoms with Crippen molar-refractivity contribution >= 4 is 29.1 Å². The summed E-state index contributed by atoms with van der Waals surface area (Å²) in [5.41, 5.74) is 8.46. The SMILES string of the molecule is CCO.CCOC(=O)C1=C(CSc2nc(-c3cccs3)ccc2C#N)OC(N)=C(C#N)C1c1ccc(C#N)cc1. The topological polar surface area (TPSA) is 166 Å². The van der Waals surface area contributed by atoms with Crippen LogP contribution in [0.1, 0.15) is 36.5 Å². The fourth-order valence-corrected chi connectivity index (χ4v) is 5.38. The zero-order chi connectivity index (χ0) is 29.1. The van der Waals surface area contributed by atoms with Crippen molar-refractivity contribution in [3.05, 3.63) is 93.4 Å². The van der Waals surface area contributed by atoms with Crippen molar-refractivity contribution in [3.63, 3.8) is 0 Å². The molecule has 3 heterocycles. The minimum absolute atomic E-state index is 0.0667. The van der Waals surface area contributed by atoms with Crippen molar-refractivity contribution in [3.8, 4) is 28.8 Å². The van der Waals surface area contributed by atoms with Crippen molar-refractivity contribution in [1.82, 2.24) is 4.98 Å². The fourth-order valence-electron chi connectivity index (χ4n) is 3.77. The molecule has 0 fully saturated rings. The van der Waals surface area contributed by atoms with E-state index in [1.54, 1.807) is 50.2 Å². The van der Waals surface area contributed by atoms with Gasteiger partial charge >= 0.3 is 5.97 Å². The number of benzene rings is 1. The molecule has 0 saturated carbocycles. The van der Waals surface area contributed by atoms with E-state index in [1.807, 2.05) is 17.5 Å². The highest BCUT2D eigenvalue weighted by Gasteiger charge is 2.37. The molecule has 0 radical (unpaired) electrons. The third-order valence-electron chi connectivity index (χ3n) is 5.46. The maximum atomic E-state index is 13.2. The van der Waals surface area contributed by atoms with Crippen LogP contribution in [0.2, 0.25) is 0 Å². The van der Waals surface area contributed by atoms with E-state index in [0.29, 0.717) is 21.7 Å². The largest absolute Gasteiger partial charge is 0.463 e. The molecule has 1 unspecified atom stereocenters. The summed E-state index contributed by atoms with van der Waals surface area (Å²) < 4.78 is 11.1. The number of hydrogen-bond acceptors (Lipinski definition) is 11. The summed E-state index contributed by atoms with van der Waals surface area (Å²) in [6, 6.07) is 20.2. The van der Waals surface area contributed by atoms with Gasteiger partial charge in [-0.15, -0.1) is 11.3 Å². The predicted octanol–water partition coefficient (Wildman–Crippen LogP) is 4.97. The molecule has 1 aromatic carbocycles. The van der Waals surface area contributed by atoms with Crippen molar-refractivity contribution in [2.75, 3.05) is 19.0 Å². The normalized spacial score (nSPS) is 14.2. The van der Waals surface area contributed by atoms with E-state index < -0.39 is 11.9 Å². The van der Waals surface area contributed by atoms with Crippen LogP contribution < -0.4 is 5.73 Å². The van der Waals surface area contributed by atoms with Gasteiger partial charge in [0.2, 0.25) is 5.88 Å². The van der Waals surface area contributed by atoms with Gasteiger partial charge in [-0.3, -0.25) is 0 Å². The number of aliphatic hydroxyl groups is 1. The lowest BCUT2D eigenvalue weighted by Gasteiger charge is -2.28.